The van der Waals surface area contributed by atoms with Crippen LogP contribution in [0, 0.1) is 11.8 Å². The van der Waals surface area contributed by atoms with Gasteiger partial charge in [-0.3, -0.25) is 4.90 Å². The van der Waals surface area contributed by atoms with Gasteiger partial charge in [0.15, 0.2) is 0 Å². The Labute approximate surface area is 130 Å². The number of hydrogen-bond donors (Lipinski definition) is 1. The number of rotatable bonds is 6. The highest BCUT2D eigenvalue weighted by Crippen LogP contribution is 2.35. The van der Waals surface area contributed by atoms with E-state index in [9.17, 15) is 0 Å². The van der Waals surface area contributed by atoms with Gasteiger partial charge in [-0.05, 0) is 68.3 Å². The van der Waals surface area contributed by atoms with Crippen LogP contribution in [0.1, 0.15) is 57.2 Å². The fourth-order valence-corrected chi connectivity index (χ4v) is 3.74. The Morgan fingerprint density at radius 3 is 2.52 bits per heavy atom. The van der Waals surface area contributed by atoms with E-state index in [1.54, 1.807) is 0 Å². The largest absolute Gasteiger partial charge is 0.330 e. The van der Waals surface area contributed by atoms with Crippen molar-refractivity contribution in [2.75, 3.05) is 19.6 Å². The molecule has 1 heterocycles. The van der Waals surface area contributed by atoms with Gasteiger partial charge in [0, 0.05) is 6.04 Å². The standard InChI is InChI=1S/C19H32N2/c1-4-11-21-12-5-6-18(14-20)19(21)17-9-7-16(8-10-17)13-15(2)3/h7-10,15,18-19H,4-6,11-14,20H2,1-3H3. The fourth-order valence-electron chi connectivity index (χ4n) is 3.74. The van der Waals surface area contributed by atoms with Crippen molar-refractivity contribution in [1.29, 1.82) is 0 Å². The van der Waals surface area contributed by atoms with E-state index in [1.165, 1.54) is 49.9 Å². The van der Waals surface area contributed by atoms with Crippen LogP contribution in [0.15, 0.2) is 24.3 Å². The summed E-state index contributed by atoms with van der Waals surface area (Å²) >= 11 is 0. The first-order valence-corrected chi connectivity index (χ1v) is 8.68. The van der Waals surface area contributed by atoms with E-state index < -0.39 is 0 Å². The maximum atomic E-state index is 6.06. The topological polar surface area (TPSA) is 29.3 Å². The lowest BCUT2D eigenvalue weighted by atomic mass is 9.84. The zero-order valence-electron chi connectivity index (χ0n) is 14.0. The lowest BCUT2D eigenvalue weighted by Gasteiger charge is -2.41. The van der Waals surface area contributed by atoms with Crippen LogP contribution in [0.5, 0.6) is 0 Å². The van der Waals surface area contributed by atoms with Crippen molar-refractivity contribution in [2.45, 2.75) is 52.5 Å². The second-order valence-electron chi connectivity index (χ2n) is 6.96. The number of piperidine rings is 1. The Morgan fingerprint density at radius 1 is 1.24 bits per heavy atom. The van der Waals surface area contributed by atoms with Crippen molar-refractivity contribution in [3.05, 3.63) is 35.4 Å². The van der Waals surface area contributed by atoms with Crippen molar-refractivity contribution in [3.8, 4) is 0 Å². The van der Waals surface area contributed by atoms with Crippen LogP contribution in [0.2, 0.25) is 0 Å². The molecule has 0 saturated carbocycles. The first-order valence-electron chi connectivity index (χ1n) is 8.68. The Morgan fingerprint density at radius 2 is 1.95 bits per heavy atom. The summed E-state index contributed by atoms with van der Waals surface area (Å²) in [5.41, 5.74) is 8.98. The molecule has 0 radical (unpaired) electrons. The molecule has 0 spiro atoms. The molecule has 1 aliphatic heterocycles. The molecule has 2 N–H and O–H groups in total. The molecule has 0 aromatic heterocycles. The van der Waals surface area contributed by atoms with Gasteiger partial charge < -0.3 is 5.73 Å². The first-order chi connectivity index (χ1) is 10.2. The molecule has 1 aromatic carbocycles. The second-order valence-corrected chi connectivity index (χ2v) is 6.96. The number of likely N-dealkylation sites (tertiary alicyclic amines) is 1. The minimum atomic E-state index is 0.525. The smallest absolute Gasteiger partial charge is 0.0388 e. The SMILES string of the molecule is CCCN1CCCC(CN)C1c1ccc(CC(C)C)cc1. The van der Waals surface area contributed by atoms with E-state index in [1.807, 2.05) is 0 Å². The Balaban J connectivity index is 2.17. The van der Waals surface area contributed by atoms with E-state index in [4.69, 9.17) is 5.73 Å². The summed E-state index contributed by atoms with van der Waals surface area (Å²) in [6.07, 6.45) is 4.96. The monoisotopic (exact) mass is 288 g/mol. The fraction of sp³-hybridized carbons (Fsp3) is 0.684. The van der Waals surface area contributed by atoms with Crippen LogP contribution >= 0.6 is 0 Å². The van der Waals surface area contributed by atoms with E-state index in [0.717, 1.165) is 12.5 Å². The highest BCUT2D eigenvalue weighted by atomic mass is 15.2. The van der Waals surface area contributed by atoms with Gasteiger partial charge in [-0.2, -0.15) is 0 Å². The van der Waals surface area contributed by atoms with Crippen LogP contribution < -0.4 is 5.73 Å². The zero-order valence-corrected chi connectivity index (χ0v) is 14.0. The highest BCUT2D eigenvalue weighted by molar-refractivity contribution is 5.26. The summed E-state index contributed by atoms with van der Waals surface area (Å²) in [5, 5.41) is 0. The summed E-state index contributed by atoms with van der Waals surface area (Å²) in [4.78, 5) is 2.65. The van der Waals surface area contributed by atoms with Crippen LogP contribution in [-0.2, 0) is 6.42 Å². The van der Waals surface area contributed by atoms with Crippen LogP contribution in [0.25, 0.3) is 0 Å². The molecule has 21 heavy (non-hydrogen) atoms. The van der Waals surface area contributed by atoms with Gasteiger partial charge in [0.25, 0.3) is 0 Å². The third kappa shape index (κ3) is 4.31. The molecule has 2 nitrogen and oxygen atoms in total. The minimum Gasteiger partial charge on any atom is -0.330 e. The molecule has 1 aromatic rings. The van der Waals surface area contributed by atoms with E-state index >= 15 is 0 Å². The van der Waals surface area contributed by atoms with E-state index in [2.05, 4.69) is 49.9 Å². The molecule has 2 rings (SSSR count). The molecular formula is C19H32N2. The Hall–Kier alpha value is -0.860. The lowest BCUT2D eigenvalue weighted by Crippen LogP contribution is -2.41. The molecule has 0 amide bonds. The minimum absolute atomic E-state index is 0.525. The summed E-state index contributed by atoms with van der Waals surface area (Å²) in [6, 6.07) is 9.86. The molecule has 1 aliphatic rings. The third-order valence-electron chi connectivity index (χ3n) is 4.64. The maximum Gasteiger partial charge on any atom is 0.0388 e. The molecule has 0 bridgehead atoms. The van der Waals surface area contributed by atoms with E-state index in [-0.39, 0.29) is 0 Å². The molecule has 118 valence electrons. The van der Waals surface area contributed by atoms with Gasteiger partial charge in [0.2, 0.25) is 0 Å². The predicted octanol–water partition coefficient (Wildman–Crippen LogP) is 4.01. The van der Waals surface area contributed by atoms with Crippen molar-refractivity contribution >= 4 is 0 Å². The molecular weight excluding hydrogens is 256 g/mol. The quantitative estimate of drug-likeness (QED) is 0.857. The summed E-state index contributed by atoms with van der Waals surface area (Å²) < 4.78 is 0. The van der Waals surface area contributed by atoms with Crippen molar-refractivity contribution < 1.29 is 0 Å². The maximum absolute atomic E-state index is 6.06. The highest BCUT2D eigenvalue weighted by Gasteiger charge is 2.31. The third-order valence-corrected chi connectivity index (χ3v) is 4.64. The molecule has 2 unspecified atom stereocenters. The van der Waals surface area contributed by atoms with Crippen molar-refractivity contribution in [3.63, 3.8) is 0 Å². The normalized spacial score (nSPS) is 23.7. The zero-order chi connectivity index (χ0) is 15.2. The Bertz CT molecular complexity index is 408. The van der Waals surface area contributed by atoms with Gasteiger partial charge in [-0.15, -0.1) is 0 Å². The number of benzene rings is 1. The van der Waals surface area contributed by atoms with Gasteiger partial charge in [-0.1, -0.05) is 45.0 Å². The van der Waals surface area contributed by atoms with Crippen LogP contribution in [-0.4, -0.2) is 24.5 Å². The number of nitrogens with two attached hydrogens (primary N) is 1. The molecule has 1 fully saturated rings. The molecule has 0 aliphatic carbocycles. The number of hydrogen-bond acceptors (Lipinski definition) is 2. The van der Waals surface area contributed by atoms with Crippen LogP contribution in [0.3, 0.4) is 0 Å². The Kier molecular flexibility index (Phi) is 6.25. The van der Waals surface area contributed by atoms with E-state index in [0.29, 0.717) is 12.0 Å². The van der Waals surface area contributed by atoms with Gasteiger partial charge in [0.05, 0.1) is 0 Å². The second kappa shape index (κ2) is 7.95. The lowest BCUT2D eigenvalue weighted by molar-refractivity contribution is 0.0960. The molecule has 1 saturated heterocycles. The average Bonchev–Trinajstić information content (AvgIpc) is 2.48. The van der Waals surface area contributed by atoms with Gasteiger partial charge in [0.1, 0.15) is 0 Å². The molecule has 2 heteroatoms. The van der Waals surface area contributed by atoms with Crippen molar-refractivity contribution in [1.82, 2.24) is 4.90 Å². The summed E-state index contributed by atoms with van der Waals surface area (Å²) in [7, 11) is 0. The van der Waals surface area contributed by atoms with Gasteiger partial charge in [-0.25, -0.2) is 0 Å². The van der Waals surface area contributed by atoms with Crippen LogP contribution in [0.4, 0.5) is 0 Å². The average molecular weight is 288 g/mol. The first kappa shape index (κ1) is 16.5. The summed E-state index contributed by atoms with van der Waals surface area (Å²) in [5.74, 6) is 1.33. The summed E-state index contributed by atoms with van der Waals surface area (Å²) in [6.45, 7) is 10.1. The number of nitrogens with zero attached hydrogens (tertiary/aromatic N) is 1. The van der Waals surface area contributed by atoms with Crippen molar-refractivity contribution in [2.24, 2.45) is 17.6 Å². The van der Waals surface area contributed by atoms with Gasteiger partial charge >= 0.3 is 0 Å². The molecule has 2 atom stereocenters. The predicted molar refractivity (Wildman–Crippen MR) is 91.4 cm³/mol.